The topological polar surface area (TPSA) is 87.1 Å². The summed E-state index contributed by atoms with van der Waals surface area (Å²) in [6.45, 7) is 3.78. The minimum atomic E-state index is -0.970. The number of amides is 1. The Bertz CT molecular complexity index is 500. The second kappa shape index (κ2) is 6.79. The van der Waals surface area contributed by atoms with E-state index in [1.165, 1.54) is 24.1 Å². The number of benzene rings is 1. The number of carboxylic acid groups (broad SMARTS) is 1. The molecule has 0 spiro atoms. The number of hydrogen-bond acceptors (Lipinski definition) is 4. The second-order valence-corrected chi connectivity index (χ2v) is 4.42. The molecule has 110 valence electrons. The predicted molar refractivity (Wildman–Crippen MR) is 73.1 cm³/mol. The van der Waals surface area contributed by atoms with E-state index in [-0.39, 0.29) is 17.7 Å². The Balaban J connectivity index is 2.99. The molecule has 0 saturated heterocycles. The zero-order valence-corrected chi connectivity index (χ0v) is 11.8. The minimum absolute atomic E-state index is 0.130. The predicted octanol–water partition coefficient (Wildman–Crippen LogP) is 1.73. The van der Waals surface area contributed by atoms with Crippen LogP contribution in [-0.2, 0) is 4.79 Å². The molecular weight excluding hydrogens is 262 g/mol. The molecule has 0 aliphatic heterocycles. The van der Waals surface area contributed by atoms with E-state index in [2.05, 4.69) is 0 Å². The van der Waals surface area contributed by atoms with Gasteiger partial charge in [0.1, 0.15) is 11.5 Å². The molecule has 1 unspecified atom stereocenters. The number of phenols is 1. The molecule has 0 saturated carbocycles. The number of methoxy groups -OCH3 is 1. The highest BCUT2D eigenvalue weighted by molar-refractivity contribution is 5.97. The molecule has 1 aromatic carbocycles. The third kappa shape index (κ3) is 3.63. The van der Waals surface area contributed by atoms with Crippen LogP contribution in [0.25, 0.3) is 0 Å². The van der Waals surface area contributed by atoms with Crippen molar-refractivity contribution in [2.45, 2.75) is 26.3 Å². The first-order valence-electron chi connectivity index (χ1n) is 6.30. The molecule has 20 heavy (non-hydrogen) atoms. The van der Waals surface area contributed by atoms with Crippen LogP contribution in [0.3, 0.4) is 0 Å². The zero-order chi connectivity index (χ0) is 15.3. The lowest BCUT2D eigenvalue weighted by molar-refractivity contribution is -0.138. The molecule has 0 heterocycles. The van der Waals surface area contributed by atoms with Gasteiger partial charge in [-0.15, -0.1) is 0 Å². The van der Waals surface area contributed by atoms with Gasteiger partial charge >= 0.3 is 5.97 Å². The van der Waals surface area contributed by atoms with Crippen molar-refractivity contribution in [1.82, 2.24) is 4.90 Å². The smallest absolute Gasteiger partial charge is 0.305 e. The maximum Gasteiger partial charge on any atom is 0.305 e. The summed E-state index contributed by atoms with van der Waals surface area (Å²) in [6.07, 6.45) is -0.142. The van der Waals surface area contributed by atoms with Gasteiger partial charge in [-0.2, -0.15) is 0 Å². The van der Waals surface area contributed by atoms with E-state index in [1.54, 1.807) is 19.9 Å². The number of hydrogen-bond donors (Lipinski definition) is 2. The van der Waals surface area contributed by atoms with Crippen LogP contribution >= 0.6 is 0 Å². The average Bonchev–Trinajstić information content (AvgIpc) is 2.38. The number of aliphatic carboxylic acids is 1. The maximum atomic E-state index is 12.4. The van der Waals surface area contributed by atoms with Gasteiger partial charge in [0.2, 0.25) is 0 Å². The number of aromatic hydroxyl groups is 1. The first-order chi connectivity index (χ1) is 9.40. The largest absolute Gasteiger partial charge is 0.507 e. The Morgan fingerprint density at radius 1 is 1.40 bits per heavy atom. The van der Waals surface area contributed by atoms with Crippen molar-refractivity contribution in [1.29, 1.82) is 0 Å². The van der Waals surface area contributed by atoms with Crippen molar-refractivity contribution in [2.75, 3.05) is 13.7 Å². The van der Waals surface area contributed by atoms with Gasteiger partial charge < -0.3 is 19.8 Å². The SMILES string of the molecule is CCN(C(=O)c1ccc(OC)cc1O)C(C)CC(=O)O. The Labute approximate surface area is 117 Å². The number of nitrogens with zero attached hydrogens (tertiary/aromatic N) is 1. The fourth-order valence-electron chi connectivity index (χ4n) is 1.99. The lowest BCUT2D eigenvalue weighted by atomic mass is 10.1. The molecule has 1 rings (SSSR count). The molecule has 0 radical (unpaired) electrons. The number of carbonyl (C=O) groups is 2. The fraction of sp³-hybridized carbons (Fsp3) is 0.429. The Kier molecular flexibility index (Phi) is 5.37. The molecule has 0 bridgehead atoms. The highest BCUT2D eigenvalue weighted by Gasteiger charge is 2.24. The summed E-state index contributed by atoms with van der Waals surface area (Å²) in [7, 11) is 1.46. The summed E-state index contributed by atoms with van der Waals surface area (Å²) in [5, 5.41) is 18.7. The van der Waals surface area contributed by atoms with E-state index < -0.39 is 17.9 Å². The van der Waals surface area contributed by atoms with E-state index in [9.17, 15) is 14.7 Å². The maximum absolute atomic E-state index is 12.4. The molecule has 1 atom stereocenters. The third-order valence-corrected chi connectivity index (χ3v) is 3.04. The quantitative estimate of drug-likeness (QED) is 0.829. The molecule has 0 aliphatic rings. The normalized spacial score (nSPS) is 11.8. The van der Waals surface area contributed by atoms with Crippen LogP contribution in [0.2, 0.25) is 0 Å². The van der Waals surface area contributed by atoms with Crippen molar-refractivity contribution >= 4 is 11.9 Å². The van der Waals surface area contributed by atoms with Gasteiger partial charge in [-0.3, -0.25) is 9.59 Å². The van der Waals surface area contributed by atoms with E-state index >= 15 is 0 Å². The molecule has 0 fully saturated rings. The van der Waals surface area contributed by atoms with Gasteiger partial charge in [-0.1, -0.05) is 0 Å². The second-order valence-electron chi connectivity index (χ2n) is 4.42. The summed E-state index contributed by atoms with van der Waals surface area (Å²) in [5.41, 5.74) is 0.130. The van der Waals surface area contributed by atoms with Crippen molar-refractivity contribution < 1.29 is 24.5 Å². The summed E-state index contributed by atoms with van der Waals surface area (Å²) in [5.74, 6) is -1.11. The zero-order valence-electron chi connectivity index (χ0n) is 11.8. The van der Waals surface area contributed by atoms with Crippen LogP contribution in [0.4, 0.5) is 0 Å². The van der Waals surface area contributed by atoms with Crippen LogP contribution in [0.1, 0.15) is 30.6 Å². The van der Waals surface area contributed by atoms with Gasteiger partial charge in [0, 0.05) is 18.7 Å². The Hall–Kier alpha value is -2.24. The molecule has 1 amide bonds. The van der Waals surface area contributed by atoms with Crippen molar-refractivity contribution in [2.24, 2.45) is 0 Å². The summed E-state index contributed by atoms with van der Waals surface area (Å²) in [6, 6.07) is 3.93. The average molecular weight is 281 g/mol. The molecule has 0 aliphatic carbocycles. The molecular formula is C14H19NO5. The summed E-state index contributed by atoms with van der Waals surface area (Å²) < 4.78 is 4.95. The Morgan fingerprint density at radius 3 is 2.50 bits per heavy atom. The first kappa shape index (κ1) is 15.8. The van der Waals surface area contributed by atoms with E-state index in [4.69, 9.17) is 9.84 Å². The third-order valence-electron chi connectivity index (χ3n) is 3.04. The molecule has 1 aromatic rings. The van der Waals surface area contributed by atoms with Gasteiger partial charge in [-0.05, 0) is 26.0 Å². The molecule has 6 nitrogen and oxygen atoms in total. The van der Waals surface area contributed by atoms with Gasteiger partial charge in [0.25, 0.3) is 5.91 Å². The molecule has 2 N–H and O–H groups in total. The van der Waals surface area contributed by atoms with Crippen LogP contribution in [0.15, 0.2) is 18.2 Å². The fourth-order valence-corrected chi connectivity index (χ4v) is 1.99. The number of carbonyl (C=O) groups excluding carboxylic acids is 1. The van der Waals surface area contributed by atoms with Gasteiger partial charge in [0.15, 0.2) is 0 Å². The van der Waals surface area contributed by atoms with Gasteiger partial charge in [0.05, 0.1) is 19.1 Å². The molecule has 6 heteroatoms. The Morgan fingerprint density at radius 2 is 2.05 bits per heavy atom. The van der Waals surface area contributed by atoms with E-state index in [1.807, 2.05) is 0 Å². The number of phenolic OH excluding ortho intramolecular Hbond substituents is 1. The molecule has 0 aromatic heterocycles. The highest BCUT2D eigenvalue weighted by atomic mass is 16.5. The van der Waals surface area contributed by atoms with Crippen LogP contribution < -0.4 is 4.74 Å². The monoisotopic (exact) mass is 281 g/mol. The number of carboxylic acids is 1. The first-order valence-corrected chi connectivity index (χ1v) is 6.30. The van der Waals surface area contributed by atoms with Crippen LogP contribution in [-0.4, -0.2) is 46.7 Å². The van der Waals surface area contributed by atoms with Crippen molar-refractivity contribution in [3.05, 3.63) is 23.8 Å². The summed E-state index contributed by atoms with van der Waals surface area (Å²) in [4.78, 5) is 24.5. The minimum Gasteiger partial charge on any atom is -0.507 e. The lowest BCUT2D eigenvalue weighted by Crippen LogP contribution is -2.39. The summed E-state index contributed by atoms with van der Waals surface area (Å²) >= 11 is 0. The van der Waals surface area contributed by atoms with E-state index in [0.29, 0.717) is 12.3 Å². The highest BCUT2D eigenvalue weighted by Crippen LogP contribution is 2.25. The van der Waals surface area contributed by atoms with E-state index in [0.717, 1.165) is 0 Å². The number of ether oxygens (including phenoxy) is 1. The van der Waals surface area contributed by atoms with Gasteiger partial charge in [-0.25, -0.2) is 0 Å². The van der Waals surface area contributed by atoms with Crippen molar-refractivity contribution in [3.8, 4) is 11.5 Å². The lowest BCUT2D eigenvalue weighted by Gasteiger charge is -2.27. The van der Waals surface area contributed by atoms with Crippen LogP contribution in [0.5, 0.6) is 11.5 Å². The standard InChI is InChI=1S/C14H19NO5/c1-4-15(9(2)7-13(17)18)14(19)11-6-5-10(20-3)8-12(11)16/h5-6,8-9,16H,4,7H2,1-3H3,(H,17,18). The number of rotatable bonds is 6. The van der Waals surface area contributed by atoms with Crippen LogP contribution in [0, 0.1) is 0 Å². The van der Waals surface area contributed by atoms with Crippen molar-refractivity contribution in [3.63, 3.8) is 0 Å².